The van der Waals surface area contributed by atoms with Gasteiger partial charge in [0.05, 0.1) is 12.1 Å². The number of para-hydroxylation sites is 2. The van der Waals surface area contributed by atoms with Crippen molar-refractivity contribution in [3.8, 4) is 11.5 Å². The van der Waals surface area contributed by atoms with E-state index in [1.807, 2.05) is 60.7 Å². The van der Waals surface area contributed by atoms with Crippen molar-refractivity contribution in [2.45, 2.75) is 25.2 Å². The molecule has 0 amide bonds. The number of ketones is 4. The summed E-state index contributed by atoms with van der Waals surface area (Å²) < 4.78 is 0. The second-order valence-electron chi connectivity index (χ2n) is 13.6. The second kappa shape index (κ2) is 18.6. The van der Waals surface area contributed by atoms with Gasteiger partial charge in [-0.3, -0.25) is 19.2 Å². The number of rotatable bonds is 10. The van der Waals surface area contributed by atoms with Crippen molar-refractivity contribution in [3.05, 3.63) is 213 Å². The van der Waals surface area contributed by atoms with Gasteiger partial charge in [0.15, 0.2) is 0 Å². The van der Waals surface area contributed by atoms with E-state index < -0.39 is 46.7 Å². The minimum absolute atomic E-state index is 0. The second-order valence-corrected chi connectivity index (χ2v) is 13.6. The first-order valence-electron chi connectivity index (χ1n) is 18.4. The maximum atomic E-state index is 13.2. The Morgan fingerprint density at radius 3 is 1.07 bits per heavy atom. The van der Waals surface area contributed by atoms with Gasteiger partial charge in [0.1, 0.15) is 11.5 Å². The smallest absolute Gasteiger partial charge is 0.872 e. The maximum absolute atomic E-state index is 13.2. The van der Waals surface area contributed by atoms with Gasteiger partial charge >= 0.3 is 17.1 Å². The molecule has 0 fully saturated rings. The maximum Gasteiger partial charge on any atom is 2.00 e. The molecular weight excluding hydrogens is 796 g/mol. The Bertz CT molecular complexity index is 2420. The molecule has 0 saturated carbocycles. The van der Waals surface area contributed by atoms with E-state index in [1.165, 1.54) is 24.3 Å². The molecule has 0 aromatic heterocycles. The van der Waals surface area contributed by atoms with E-state index in [-0.39, 0.29) is 62.0 Å². The van der Waals surface area contributed by atoms with Crippen molar-refractivity contribution in [3.63, 3.8) is 0 Å². The fraction of sp³-hybridized carbons (Fsp3) is 0.0833. The molecule has 11 heteroatoms. The van der Waals surface area contributed by atoms with E-state index in [9.17, 15) is 39.6 Å². The van der Waals surface area contributed by atoms with Crippen LogP contribution in [0.5, 0.6) is 11.5 Å². The number of carbonyl (C=O) groups excluding carboxylic acids is 4. The molecule has 59 heavy (non-hydrogen) atoms. The molecule has 6 aromatic rings. The molecule has 2 unspecified atom stereocenters. The third kappa shape index (κ3) is 8.69. The zero-order valence-corrected chi connectivity index (χ0v) is 32.2. The standard InChI is InChI=1S/2C24H19NO4.Cu/c2*26-19-13-7-6-12-18(19)21(25-14-15-8-2-1-3-9-15)20-22(27)16-10-4-5-11-17(16)23(28)24(20)29;/h2*1-13,21,25-27H,14H2;/q;;+2/p-2. The van der Waals surface area contributed by atoms with Crippen LogP contribution in [0.15, 0.2) is 169 Å². The van der Waals surface area contributed by atoms with Crippen LogP contribution in [0.25, 0.3) is 11.5 Å². The first-order valence-corrected chi connectivity index (χ1v) is 18.4. The SMILES string of the molecule is O=C1C(=O)c2ccccc2C([O-])=C1C(NCc1ccccc1)c1ccccc1O.O=C1C(=O)c2ccccc2C([O-])=C1C(NCc1ccccc1)c1ccccc1O.[Cu+2]. The van der Waals surface area contributed by atoms with Crippen molar-refractivity contribution in [1.82, 2.24) is 10.6 Å². The van der Waals surface area contributed by atoms with E-state index in [0.717, 1.165) is 11.1 Å². The van der Waals surface area contributed by atoms with Crippen molar-refractivity contribution in [2.75, 3.05) is 0 Å². The summed E-state index contributed by atoms with van der Waals surface area (Å²) in [5.41, 5.74) is 2.91. The van der Waals surface area contributed by atoms with Crippen molar-refractivity contribution < 1.29 is 56.7 Å². The minimum Gasteiger partial charge on any atom is -0.872 e. The number of Topliss-reactive ketones (excluding diaryl/α,β-unsaturated/α-hetero) is 4. The Balaban J connectivity index is 0.000000195. The number of nitrogens with one attached hydrogen (secondary N) is 2. The van der Waals surface area contributed by atoms with Crippen LogP contribution in [0.4, 0.5) is 0 Å². The van der Waals surface area contributed by atoms with Gasteiger partial charge in [-0.2, -0.15) is 0 Å². The molecule has 8 rings (SSSR count). The number of carbonyl (C=O) groups is 4. The van der Waals surface area contributed by atoms with Gasteiger partial charge in [0, 0.05) is 46.5 Å². The van der Waals surface area contributed by atoms with E-state index in [1.54, 1.807) is 72.8 Å². The summed E-state index contributed by atoms with van der Waals surface area (Å²) in [6, 6.07) is 42.7. The van der Waals surface area contributed by atoms with Gasteiger partial charge in [-0.15, -0.1) is 0 Å². The normalized spacial score (nSPS) is 14.4. The molecule has 2 aliphatic rings. The summed E-state index contributed by atoms with van der Waals surface area (Å²) >= 11 is 0. The molecule has 0 saturated heterocycles. The summed E-state index contributed by atoms with van der Waals surface area (Å²) in [5.74, 6) is -4.23. The predicted molar refractivity (Wildman–Crippen MR) is 214 cm³/mol. The molecule has 0 bridgehead atoms. The predicted octanol–water partition coefficient (Wildman–Crippen LogP) is 5.52. The van der Waals surface area contributed by atoms with Crippen LogP contribution in [0.1, 0.15) is 66.2 Å². The summed E-state index contributed by atoms with van der Waals surface area (Å²) in [4.78, 5) is 51.1. The Labute approximate surface area is 350 Å². The molecule has 0 spiro atoms. The fourth-order valence-corrected chi connectivity index (χ4v) is 7.10. The number of hydrogen-bond acceptors (Lipinski definition) is 10. The van der Waals surface area contributed by atoms with Gasteiger partial charge in [-0.1, -0.05) is 157 Å². The number of phenolic OH excluding ortho intramolecular Hbond substituents is 2. The molecular formula is C48H36CuN2O8. The van der Waals surface area contributed by atoms with Gasteiger partial charge in [-0.25, -0.2) is 0 Å². The third-order valence-corrected chi connectivity index (χ3v) is 10.0. The number of benzene rings is 6. The third-order valence-electron chi connectivity index (χ3n) is 10.0. The summed E-state index contributed by atoms with van der Waals surface area (Å²) in [6.45, 7) is 0.694. The average molecular weight is 832 g/mol. The van der Waals surface area contributed by atoms with Crippen LogP contribution in [0, 0.1) is 0 Å². The summed E-state index contributed by atoms with van der Waals surface area (Å²) in [6.07, 6.45) is 0. The van der Waals surface area contributed by atoms with E-state index in [0.29, 0.717) is 24.2 Å². The molecule has 0 aliphatic heterocycles. The van der Waals surface area contributed by atoms with Crippen molar-refractivity contribution in [2.24, 2.45) is 0 Å². The quantitative estimate of drug-likeness (QED) is 0.102. The van der Waals surface area contributed by atoms with Crippen molar-refractivity contribution >= 4 is 34.7 Å². The molecule has 4 N–H and O–H groups in total. The van der Waals surface area contributed by atoms with Gasteiger partial charge in [0.2, 0.25) is 23.1 Å². The van der Waals surface area contributed by atoms with Crippen molar-refractivity contribution in [1.29, 1.82) is 0 Å². The number of phenols is 2. The number of aromatic hydroxyl groups is 2. The van der Waals surface area contributed by atoms with Gasteiger partial charge < -0.3 is 31.1 Å². The molecule has 1 radical (unpaired) electrons. The average Bonchev–Trinajstić information content (AvgIpc) is 3.26. The first-order chi connectivity index (χ1) is 28.2. The zero-order chi connectivity index (χ0) is 40.8. The molecule has 6 aromatic carbocycles. The Morgan fingerprint density at radius 2 is 0.712 bits per heavy atom. The summed E-state index contributed by atoms with van der Waals surface area (Å²) in [7, 11) is 0. The molecule has 297 valence electrons. The molecule has 2 atom stereocenters. The van der Waals surface area contributed by atoms with E-state index >= 15 is 0 Å². The number of hydrogen-bond donors (Lipinski definition) is 4. The van der Waals surface area contributed by atoms with Crippen LogP contribution < -0.4 is 20.8 Å². The van der Waals surface area contributed by atoms with E-state index in [4.69, 9.17) is 0 Å². The first kappa shape index (κ1) is 41.7. The van der Waals surface area contributed by atoms with Crippen LogP contribution in [0.2, 0.25) is 0 Å². The topological polar surface area (TPSA) is 179 Å². The van der Waals surface area contributed by atoms with Crippen LogP contribution in [-0.4, -0.2) is 33.3 Å². The Morgan fingerprint density at radius 1 is 0.407 bits per heavy atom. The van der Waals surface area contributed by atoms with Crippen LogP contribution in [0.3, 0.4) is 0 Å². The Hall–Kier alpha value is -6.88. The number of fused-ring (bicyclic) bond motifs is 2. The fourth-order valence-electron chi connectivity index (χ4n) is 7.10. The van der Waals surface area contributed by atoms with E-state index in [2.05, 4.69) is 10.6 Å². The Kier molecular flexibility index (Phi) is 13.2. The zero-order valence-electron chi connectivity index (χ0n) is 31.2. The van der Waals surface area contributed by atoms with Gasteiger partial charge in [0.25, 0.3) is 0 Å². The molecule has 10 nitrogen and oxygen atoms in total. The van der Waals surface area contributed by atoms with Crippen LogP contribution >= 0.6 is 0 Å². The molecule has 2 aliphatic carbocycles. The minimum atomic E-state index is -0.922. The monoisotopic (exact) mass is 831 g/mol. The molecule has 0 heterocycles. The van der Waals surface area contributed by atoms with Gasteiger partial charge in [-0.05, 0) is 34.4 Å². The van der Waals surface area contributed by atoms with Crippen LogP contribution in [-0.2, 0) is 39.7 Å². The largest absolute Gasteiger partial charge is 2.00 e. The summed E-state index contributed by atoms with van der Waals surface area (Å²) in [5, 5.41) is 53.5.